The predicted octanol–water partition coefficient (Wildman–Crippen LogP) is 3.36. The molecule has 0 aliphatic heterocycles. The van der Waals surface area contributed by atoms with E-state index in [0.717, 1.165) is 10.8 Å². The van der Waals surface area contributed by atoms with Gasteiger partial charge in [-0.05, 0) is 6.92 Å². The van der Waals surface area contributed by atoms with Gasteiger partial charge in [-0.1, -0.05) is 42.4 Å². The van der Waals surface area contributed by atoms with E-state index in [0.29, 0.717) is 22.1 Å². The van der Waals surface area contributed by atoms with Crippen LogP contribution in [0.1, 0.15) is 6.92 Å². The summed E-state index contributed by atoms with van der Waals surface area (Å²) in [4.78, 5) is 11.3. The number of carbonyl (C=O) groups excluding carboxylic acids is 1. The van der Waals surface area contributed by atoms with Crippen LogP contribution in [-0.4, -0.2) is 37.5 Å². The maximum atomic E-state index is 11.3. The first kappa shape index (κ1) is 18.1. The Hall–Kier alpha value is -2.24. The molecule has 0 saturated carbocycles. The van der Waals surface area contributed by atoms with E-state index in [2.05, 4.69) is 6.58 Å². The largest absolute Gasteiger partial charge is 0.490 e. The SMILES string of the molecule is C=C(C)C(=O)OCCOc1c(Cl)cc(OCCO)c2ccccc12. The number of aliphatic hydroxyl groups excluding tert-OH is 1. The molecule has 0 aliphatic rings. The smallest absolute Gasteiger partial charge is 0.333 e. The average Bonchev–Trinajstić information content (AvgIpc) is 2.58. The Bertz CT molecular complexity index is 742. The van der Waals surface area contributed by atoms with Crippen LogP contribution in [0.2, 0.25) is 5.02 Å². The molecule has 0 bridgehead atoms. The van der Waals surface area contributed by atoms with Gasteiger partial charge in [-0.3, -0.25) is 0 Å². The van der Waals surface area contributed by atoms with Gasteiger partial charge >= 0.3 is 5.97 Å². The molecule has 1 N–H and O–H groups in total. The van der Waals surface area contributed by atoms with Crippen molar-refractivity contribution in [2.24, 2.45) is 0 Å². The molecular weight excluding hydrogens is 332 g/mol. The second-order valence-corrected chi connectivity index (χ2v) is 5.48. The highest BCUT2D eigenvalue weighted by atomic mass is 35.5. The maximum Gasteiger partial charge on any atom is 0.333 e. The lowest BCUT2D eigenvalue weighted by molar-refractivity contribution is -0.139. The molecule has 0 unspecified atom stereocenters. The van der Waals surface area contributed by atoms with Crippen LogP contribution in [0, 0.1) is 0 Å². The monoisotopic (exact) mass is 350 g/mol. The molecular formula is C18H19ClO5. The van der Waals surface area contributed by atoms with E-state index in [1.807, 2.05) is 24.3 Å². The number of aliphatic hydroxyl groups is 1. The minimum absolute atomic E-state index is 0.0850. The fraction of sp³-hybridized carbons (Fsp3) is 0.278. The highest BCUT2D eigenvalue weighted by Crippen LogP contribution is 2.39. The topological polar surface area (TPSA) is 65.0 Å². The summed E-state index contributed by atoms with van der Waals surface area (Å²) in [5, 5.41) is 10.9. The first-order valence-corrected chi connectivity index (χ1v) is 7.82. The summed E-state index contributed by atoms with van der Waals surface area (Å²) >= 11 is 6.29. The van der Waals surface area contributed by atoms with Crippen molar-refractivity contribution >= 4 is 28.3 Å². The van der Waals surface area contributed by atoms with Gasteiger partial charge in [0, 0.05) is 22.4 Å². The Kier molecular flexibility index (Phi) is 6.46. The van der Waals surface area contributed by atoms with Crippen molar-refractivity contribution in [3.63, 3.8) is 0 Å². The molecule has 5 nitrogen and oxygen atoms in total. The number of ether oxygens (including phenoxy) is 3. The predicted molar refractivity (Wildman–Crippen MR) is 92.8 cm³/mol. The zero-order chi connectivity index (χ0) is 17.5. The Morgan fingerprint density at radius 3 is 2.54 bits per heavy atom. The van der Waals surface area contributed by atoms with Gasteiger partial charge in [0.05, 0.1) is 11.6 Å². The van der Waals surface area contributed by atoms with Crippen molar-refractivity contribution in [1.29, 1.82) is 0 Å². The van der Waals surface area contributed by atoms with E-state index in [1.165, 1.54) is 0 Å². The fourth-order valence-electron chi connectivity index (χ4n) is 2.11. The van der Waals surface area contributed by atoms with Gasteiger partial charge in [0.25, 0.3) is 0 Å². The Morgan fingerprint density at radius 1 is 1.17 bits per heavy atom. The normalized spacial score (nSPS) is 10.5. The molecule has 0 aliphatic carbocycles. The molecule has 24 heavy (non-hydrogen) atoms. The Morgan fingerprint density at radius 2 is 1.88 bits per heavy atom. The minimum Gasteiger partial charge on any atom is -0.490 e. The van der Waals surface area contributed by atoms with Gasteiger partial charge < -0.3 is 19.3 Å². The van der Waals surface area contributed by atoms with E-state index in [4.69, 9.17) is 30.9 Å². The third kappa shape index (κ3) is 4.40. The van der Waals surface area contributed by atoms with Crippen LogP contribution in [-0.2, 0) is 9.53 Å². The van der Waals surface area contributed by atoms with Crippen LogP contribution in [0.4, 0.5) is 0 Å². The lowest BCUT2D eigenvalue weighted by Crippen LogP contribution is -2.12. The summed E-state index contributed by atoms with van der Waals surface area (Å²) in [5.74, 6) is 0.614. The zero-order valence-electron chi connectivity index (χ0n) is 13.4. The maximum absolute atomic E-state index is 11.3. The van der Waals surface area contributed by atoms with Crippen molar-refractivity contribution in [1.82, 2.24) is 0 Å². The molecule has 0 saturated heterocycles. The first-order chi connectivity index (χ1) is 11.5. The molecule has 0 aromatic heterocycles. The molecule has 6 heteroatoms. The molecule has 2 rings (SSSR count). The van der Waals surface area contributed by atoms with Gasteiger partial charge in [0.1, 0.15) is 31.3 Å². The van der Waals surface area contributed by atoms with Crippen molar-refractivity contribution in [2.45, 2.75) is 6.92 Å². The summed E-state index contributed by atoms with van der Waals surface area (Å²) in [5.41, 5.74) is 0.337. The van der Waals surface area contributed by atoms with Crippen LogP contribution in [0.25, 0.3) is 10.8 Å². The summed E-state index contributed by atoms with van der Waals surface area (Å²) < 4.78 is 16.2. The summed E-state index contributed by atoms with van der Waals surface area (Å²) in [7, 11) is 0. The van der Waals surface area contributed by atoms with Crippen molar-refractivity contribution in [2.75, 3.05) is 26.4 Å². The second-order valence-electron chi connectivity index (χ2n) is 5.07. The number of halogens is 1. The summed E-state index contributed by atoms with van der Waals surface area (Å²) in [6, 6.07) is 9.13. The average molecular weight is 351 g/mol. The molecule has 0 spiro atoms. The molecule has 0 amide bonds. The number of hydrogen-bond acceptors (Lipinski definition) is 5. The number of carbonyl (C=O) groups is 1. The standard InChI is InChI=1S/C18H19ClO5/c1-12(2)18(21)24-10-9-23-17-14-6-4-3-5-13(14)16(11-15(17)19)22-8-7-20/h3-6,11,20H,1,7-10H2,2H3. The van der Waals surface area contributed by atoms with E-state index in [-0.39, 0.29) is 26.4 Å². The van der Waals surface area contributed by atoms with E-state index >= 15 is 0 Å². The zero-order valence-corrected chi connectivity index (χ0v) is 14.1. The molecule has 0 atom stereocenters. The number of esters is 1. The number of fused-ring (bicyclic) bond motifs is 1. The number of rotatable bonds is 8. The lowest BCUT2D eigenvalue weighted by atomic mass is 10.1. The van der Waals surface area contributed by atoms with Crippen LogP contribution in [0.5, 0.6) is 11.5 Å². The minimum atomic E-state index is -0.456. The van der Waals surface area contributed by atoms with Crippen LogP contribution in [0.15, 0.2) is 42.5 Å². The highest BCUT2D eigenvalue weighted by molar-refractivity contribution is 6.33. The van der Waals surface area contributed by atoms with Crippen LogP contribution >= 0.6 is 11.6 Å². The Labute approximate surface area is 145 Å². The highest BCUT2D eigenvalue weighted by Gasteiger charge is 2.13. The second kappa shape index (κ2) is 8.57. The molecule has 0 heterocycles. The van der Waals surface area contributed by atoms with Crippen LogP contribution in [0.3, 0.4) is 0 Å². The van der Waals surface area contributed by atoms with Crippen molar-refractivity contribution < 1.29 is 24.1 Å². The van der Waals surface area contributed by atoms with E-state index < -0.39 is 5.97 Å². The number of benzene rings is 2. The summed E-state index contributed by atoms with van der Waals surface area (Å²) in [6.07, 6.45) is 0. The van der Waals surface area contributed by atoms with Gasteiger partial charge in [0.2, 0.25) is 0 Å². The van der Waals surface area contributed by atoms with Crippen LogP contribution < -0.4 is 9.47 Å². The van der Waals surface area contributed by atoms with Gasteiger partial charge in [0.15, 0.2) is 0 Å². The van der Waals surface area contributed by atoms with Gasteiger partial charge in [-0.15, -0.1) is 0 Å². The Balaban J connectivity index is 2.17. The summed E-state index contributed by atoms with van der Waals surface area (Å²) in [6.45, 7) is 5.45. The third-order valence-electron chi connectivity index (χ3n) is 3.17. The molecule has 2 aromatic carbocycles. The van der Waals surface area contributed by atoms with Gasteiger partial charge in [-0.25, -0.2) is 4.79 Å². The third-order valence-corrected chi connectivity index (χ3v) is 3.45. The molecule has 0 fully saturated rings. The van der Waals surface area contributed by atoms with Gasteiger partial charge in [-0.2, -0.15) is 0 Å². The fourth-order valence-corrected chi connectivity index (χ4v) is 2.36. The lowest BCUT2D eigenvalue weighted by Gasteiger charge is -2.15. The van der Waals surface area contributed by atoms with Crippen molar-refractivity contribution in [3.05, 3.63) is 47.5 Å². The molecule has 2 aromatic rings. The molecule has 128 valence electrons. The van der Waals surface area contributed by atoms with E-state index in [9.17, 15) is 4.79 Å². The van der Waals surface area contributed by atoms with Crippen molar-refractivity contribution in [3.8, 4) is 11.5 Å². The van der Waals surface area contributed by atoms with E-state index in [1.54, 1.807) is 13.0 Å². The molecule has 0 radical (unpaired) electrons. The number of hydrogen-bond donors (Lipinski definition) is 1. The quantitative estimate of drug-likeness (QED) is 0.449. The first-order valence-electron chi connectivity index (χ1n) is 7.45.